The highest BCUT2D eigenvalue weighted by Crippen LogP contribution is 2.36. The number of nitrogens with one attached hydrogen (secondary N) is 1. The number of hydrogen-bond acceptors (Lipinski definition) is 8. The van der Waals surface area contributed by atoms with Gasteiger partial charge in [0.25, 0.3) is 0 Å². The van der Waals surface area contributed by atoms with Crippen LogP contribution >= 0.6 is 0 Å². The van der Waals surface area contributed by atoms with E-state index >= 15 is 0 Å². The number of amides is 1. The molecule has 10 heteroatoms. The van der Waals surface area contributed by atoms with E-state index in [0.717, 1.165) is 5.56 Å². The minimum Gasteiger partial charge on any atom is -0.480 e. The van der Waals surface area contributed by atoms with Crippen LogP contribution in [0.3, 0.4) is 0 Å². The lowest BCUT2D eigenvalue weighted by molar-refractivity contribution is -0.340. The fourth-order valence-corrected chi connectivity index (χ4v) is 4.16. The molecule has 2 aliphatic heterocycles. The van der Waals surface area contributed by atoms with Crippen molar-refractivity contribution in [2.75, 3.05) is 13.2 Å². The van der Waals surface area contributed by atoms with Crippen LogP contribution in [-0.2, 0) is 34.0 Å². The van der Waals surface area contributed by atoms with Crippen molar-refractivity contribution in [3.8, 4) is 5.75 Å². The molecule has 3 heterocycles. The largest absolute Gasteiger partial charge is 0.480 e. The average molecular weight is 490 g/mol. The maximum atomic E-state index is 12.1. The lowest BCUT2D eigenvalue weighted by Gasteiger charge is -2.48. The molecule has 0 saturated carbocycles. The van der Waals surface area contributed by atoms with Crippen LogP contribution in [0.25, 0.3) is 0 Å². The molecule has 4 rings (SSSR count). The van der Waals surface area contributed by atoms with Crippen LogP contribution in [0.15, 0.2) is 47.1 Å². The molecule has 6 unspecified atom stereocenters. The summed E-state index contributed by atoms with van der Waals surface area (Å²) < 4.78 is 35.3. The SMILES string of the molecule is CC(=O)NC1C(Oc2ccc(C(C)(C)C)cc2)OC2COC(c3ccco3)OC2C1OCC(=O)O. The monoisotopic (exact) mass is 489 g/mol. The van der Waals surface area contributed by atoms with Crippen LogP contribution < -0.4 is 10.1 Å². The Hall–Kier alpha value is -2.92. The highest BCUT2D eigenvalue weighted by Gasteiger charge is 2.52. The second kappa shape index (κ2) is 10.4. The molecule has 1 aromatic heterocycles. The predicted molar refractivity (Wildman–Crippen MR) is 122 cm³/mol. The van der Waals surface area contributed by atoms with Gasteiger partial charge >= 0.3 is 5.97 Å². The van der Waals surface area contributed by atoms with E-state index in [-0.39, 0.29) is 17.9 Å². The van der Waals surface area contributed by atoms with Gasteiger partial charge in [-0.3, -0.25) is 4.79 Å². The quantitative estimate of drug-likeness (QED) is 0.604. The van der Waals surface area contributed by atoms with Crippen molar-refractivity contribution in [2.45, 2.75) is 70.0 Å². The number of benzene rings is 1. The van der Waals surface area contributed by atoms with Gasteiger partial charge in [-0.15, -0.1) is 0 Å². The smallest absolute Gasteiger partial charge is 0.329 e. The molecular weight excluding hydrogens is 458 g/mol. The van der Waals surface area contributed by atoms with Gasteiger partial charge in [-0.2, -0.15) is 0 Å². The van der Waals surface area contributed by atoms with E-state index < -0.39 is 49.5 Å². The summed E-state index contributed by atoms with van der Waals surface area (Å²) in [7, 11) is 0. The van der Waals surface area contributed by atoms with Crippen LogP contribution in [0, 0.1) is 0 Å². The maximum Gasteiger partial charge on any atom is 0.329 e. The van der Waals surface area contributed by atoms with Gasteiger partial charge in [-0.1, -0.05) is 32.9 Å². The third-order valence-corrected chi connectivity index (χ3v) is 5.86. The lowest BCUT2D eigenvalue weighted by Crippen LogP contribution is -2.68. The molecule has 10 nitrogen and oxygen atoms in total. The molecule has 2 fully saturated rings. The van der Waals surface area contributed by atoms with Crippen LogP contribution in [0.4, 0.5) is 0 Å². The lowest BCUT2D eigenvalue weighted by atomic mass is 9.87. The summed E-state index contributed by atoms with van der Waals surface area (Å²) in [6.07, 6.45) is -2.59. The fourth-order valence-electron chi connectivity index (χ4n) is 4.16. The Morgan fingerprint density at radius 2 is 1.89 bits per heavy atom. The van der Waals surface area contributed by atoms with Crippen molar-refractivity contribution < 1.29 is 42.8 Å². The summed E-state index contributed by atoms with van der Waals surface area (Å²) in [5.74, 6) is -0.527. The molecule has 1 amide bonds. The van der Waals surface area contributed by atoms with Gasteiger partial charge in [-0.25, -0.2) is 4.79 Å². The van der Waals surface area contributed by atoms with Gasteiger partial charge in [0, 0.05) is 6.92 Å². The number of carbonyl (C=O) groups excluding carboxylic acids is 1. The van der Waals surface area contributed by atoms with Gasteiger partial charge in [0.1, 0.15) is 36.7 Å². The first kappa shape index (κ1) is 25.2. The first-order chi connectivity index (χ1) is 16.6. The molecule has 1 aromatic carbocycles. The summed E-state index contributed by atoms with van der Waals surface area (Å²) in [5.41, 5.74) is 1.11. The van der Waals surface area contributed by atoms with Crippen molar-refractivity contribution in [1.82, 2.24) is 5.32 Å². The molecule has 35 heavy (non-hydrogen) atoms. The number of fused-ring (bicyclic) bond motifs is 1. The molecular formula is C25H31NO9. The van der Waals surface area contributed by atoms with Gasteiger partial charge in [-0.05, 0) is 35.2 Å². The number of carboxylic acid groups (broad SMARTS) is 1. The topological polar surface area (TPSA) is 126 Å². The van der Waals surface area contributed by atoms with E-state index in [4.69, 9.17) is 28.1 Å². The van der Waals surface area contributed by atoms with Gasteiger partial charge in [0.15, 0.2) is 5.76 Å². The zero-order chi connectivity index (χ0) is 25.2. The number of aliphatic carboxylic acids is 1. The third kappa shape index (κ3) is 6.02. The minimum atomic E-state index is -1.15. The molecule has 0 radical (unpaired) electrons. The summed E-state index contributed by atoms with van der Waals surface area (Å²) in [6, 6.07) is 10.1. The number of ether oxygens (including phenoxy) is 5. The zero-order valence-corrected chi connectivity index (χ0v) is 20.1. The first-order valence-corrected chi connectivity index (χ1v) is 11.5. The summed E-state index contributed by atoms with van der Waals surface area (Å²) in [4.78, 5) is 23.4. The number of hydrogen-bond donors (Lipinski definition) is 2. The standard InChI is InChI=1S/C25H31NO9/c1-14(27)26-20-22(31-13-19(28)29)21-18(12-32-23(35-21)17-6-5-11-30-17)34-24(20)33-16-9-7-15(8-10-16)25(2,3)4/h5-11,18,20-24H,12-13H2,1-4H3,(H,26,27)(H,28,29). The molecule has 190 valence electrons. The Kier molecular flexibility index (Phi) is 7.46. The van der Waals surface area contributed by atoms with Crippen molar-refractivity contribution in [3.63, 3.8) is 0 Å². The van der Waals surface area contributed by atoms with Crippen LogP contribution in [0.5, 0.6) is 5.75 Å². The van der Waals surface area contributed by atoms with Crippen molar-refractivity contribution in [2.24, 2.45) is 0 Å². The molecule has 2 N–H and O–H groups in total. The van der Waals surface area contributed by atoms with E-state index in [1.165, 1.54) is 13.2 Å². The predicted octanol–water partition coefficient (Wildman–Crippen LogP) is 2.77. The zero-order valence-electron chi connectivity index (χ0n) is 20.1. The average Bonchev–Trinajstić information content (AvgIpc) is 3.33. The Balaban J connectivity index is 1.59. The molecule has 0 spiro atoms. The summed E-state index contributed by atoms with van der Waals surface area (Å²) in [6.45, 7) is 7.23. The van der Waals surface area contributed by atoms with E-state index in [1.807, 2.05) is 24.3 Å². The van der Waals surface area contributed by atoms with Gasteiger partial charge in [0.05, 0.1) is 12.9 Å². The van der Waals surface area contributed by atoms with Crippen molar-refractivity contribution >= 4 is 11.9 Å². The molecule has 2 saturated heterocycles. The summed E-state index contributed by atoms with van der Waals surface area (Å²) >= 11 is 0. The number of furan rings is 1. The van der Waals surface area contributed by atoms with Crippen molar-refractivity contribution in [1.29, 1.82) is 0 Å². The van der Waals surface area contributed by atoms with E-state index in [2.05, 4.69) is 26.1 Å². The second-order valence-corrected chi connectivity index (χ2v) is 9.61. The fraction of sp³-hybridized carbons (Fsp3) is 0.520. The maximum absolute atomic E-state index is 12.1. The first-order valence-electron chi connectivity index (χ1n) is 11.5. The Morgan fingerprint density at radius 1 is 1.14 bits per heavy atom. The van der Waals surface area contributed by atoms with Crippen LogP contribution in [0.2, 0.25) is 0 Å². The third-order valence-electron chi connectivity index (χ3n) is 5.86. The van der Waals surface area contributed by atoms with Crippen molar-refractivity contribution in [3.05, 3.63) is 54.0 Å². The number of carbonyl (C=O) groups is 2. The van der Waals surface area contributed by atoms with Gasteiger partial charge in [0.2, 0.25) is 18.5 Å². The molecule has 2 aromatic rings. The van der Waals surface area contributed by atoms with Crippen LogP contribution in [-0.4, -0.2) is 60.8 Å². The van der Waals surface area contributed by atoms with E-state index in [0.29, 0.717) is 11.5 Å². The minimum absolute atomic E-state index is 0.0249. The normalized spacial score (nSPS) is 28.7. The molecule has 0 bridgehead atoms. The molecule has 2 aliphatic rings. The van der Waals surface area contributed by atoms with Crippen LogP contribution in [0.1, 0.15) is 45.3 Å². The Bertz CT molecular complexity index is 999. The second-order valence-electron chi connectivity index (χ2n) is 9.61. The highest BCUT2D eigenvalue weighted by atomic mass is 16.8. The van der Waals surface area contributed by atoms with Gasteiger partial charge < -0.3 is 38.5 Å². The van der Waals surface area contributed by atoms with E-state index in [9.17, 15) is 14.7 Å². The Labute approximate surface area is 203 Å². The number of rotatable bonds is 7. The molecule has 6 atom stereocenters. The highest BCUT2D eigenvalue weighted by molar-refractivity contribution is 5.73. The summed E-state index contributed by atoms with van der Waals surface area (Å²) in [5, 5.41) is 12.0. The van der Waals surface area contributed by atoms with E-state index in [1.54, 1.807) is 12.1 Å². The number of carboxylic acids is 1. The Morgan fingerprint density at radius 3 is 2.49 bits per heavy atom. The molecule has 0 aliphatic carbocycles.